The molecule has 2 rings (SSSR count). The highest BCUT2D eigenvalue weighted by Crippen LogP contribution is 2.25. The van der Waals surface area contributed by atoms with Gasteiger partial charge in [0.1, 0.15) is 12.6 Å². The van der Waals surface area contributed by atoms with Crippen molar-refractivity contribution in [2.24, 2.45) is 5.92 Å². The standard InChI is InChI=1S/C23H35N3O4/c1-2-24-16-21(27)26-20(15-22(28)30-17-19-11-7-4-8-12-19)23(29)25-14-13-18-9-5-3-6-10-18/h4,7-8,11-12,18,20,24H,2-3,5-6,9-10,13-17H2,1H3,(H,25,29)(H,26,27)/t20-/m0/s1. The predicted molar refractivity (Wildman–Crippen MR) is 116 cm³/mol. The topological polar surface area (TPSA) is 96.5 Å². The number of carbonyl (C=O) groups is 3. The van der Waals surface area contributed by atoms with Crippen LogP contribution in [-0.2, 0) is 25.7 Å². The Hall–Kier alpha value is -2.41. The maximum absolute atomic E-state index is 12.6. The highest BCUT2D eigenvalue weighted by atomic mass is 16.5. The van der Waals surface area contributed by atoms with Crippen LogP contribution in [0.25, 0.3) is 0 Å². The number of ether oxygens (including phenoxy) is 1. The lowest BCUT2D eigenvalue weighted by Crippen LogP contribution is -2.50. The van der Waals surface area contributed by atoms with Crippen LogP contribution in [0.3, 0.4) is 0 Å². The summed E-state index contributed by atoms with van der Waals surface area (Å²) in [5.74, 6) is -0.529. The average molecular weight is 418 g/mol. The van der Waals surface area contributed by atoms with Crippen molar-refractivity contribution >= 4 is 17.8 Å². The number of hydrogen-bond acceptors (Lipinski definition) is 5. The van der Waals surface area contributed by atoms with Crippen LogP contribution in [0.5, 0.6) is 0 Å². The van der Waals surface area contributed by atoms with E-state index in [9.17, 15) is 14.4 Å². The van der Waals surface area contributed by atoms with Gasteiger partial charge in [-0.1, -0.05) is 69.4 Å². The normalized spacial score (nSPS) is 15.2. The number of benzene rings is 1. The van der Waals surface area contributed by atoms with Gasteiger partial charge in [-0.25, -0.2) is 0 Å². The van der Waals surface area contributed by atoms with Gasteiger partial charge >= 0.3 is 5.97 Å². The minimum absolute atomic E-state index is 0.0986. The van der Waals surface area contributed by atoms with Crippen LogP contribution >= 0.6 is 0 Å². The van der Waals surface area contributed by atoms with Crippen LogP contribution in [0.4, 0.5) is 0 Å². The molecular formula is C23H35N3O4. The second-order valence-electron chi connectivity index (χ2n) is 7.83. The van der Waals surface area contributed by atoms with Gasteiger partial charge in [-0.2, -0.15) is 0 Å². The fraction of sp³-hybridized carbons (Fsp3) is 0.609. The number of rotatable bonds is 12. The summed E-state index contributed by atoms with van der Waals surface area (Å²) < 4.78 is 5.29. The Morgan fingerprint density at radius 2 is 1.83 bits per heavy atom. The second-order valence-corrected chi connectivity index (χ2v) is 7.83. The summed E-state index contributed by atoms with van der Waals surface area (Å²) in [7, 11) is 0. The van der Waals surface area contributed by atoms with Gasteiger partial charge in [0.15, 0.2) is 0 Å². The molecule has 30 heavy (non-hydrogen) atoms. The molecule has 0 radical (unpaired) electrons. The average Bonchev–Trinajstić information content (AvgIpc) is 2.77. The van der Waals surface area contributed by atoms with Crippen LogP contribution in [0.1, 0.15) is 57.4 Å². The molecule has 0 aliphatic heterocycles. The van der Waals surface area contributed by atoms with Crippen molar-refractivity contribution in [3.63, 3.8) is 0 Å². The van der Waals surface area contributed by atoms with Crippen LogP contribution in [0.15, 0.2) is 30.3 Å². The van der Waals surface area contributed by atoms with E-state index in [0.717, 1.165) is 12.0 Å². The number of amides is 2. The van der Waals surface area contributed by atoms with Gasteiger partial charge < -0.3 is 20.7 Å². The van der Waals surface area contributed by atoms with E-state index in [4.69, 9.17) is 4.74 Å². The summed E-state index contributed by atoms with van der Waals surface area (Å²) >= 11 is 0. The lowest BCUT2D eigenvalue weighted by Gasteiger charge is -2.22. The minimum Gasteiger partial charge on any atom is -0.461 e. The molecule has 1 atom stereocenters. The molecular weight excluding hydrogens is 382 g/mol. The van der Waals surface area contributed by atoms with Crippen LogP contribution in [0.2, 0.25) is 0 Å². The number of nitrogens with one attached hydrogen (secondary N) is 3. The third-order valence-corrected chi connectivity index (χ3v) is 5.38. The van der Waals surface area contributed by atoms with Gasteiger partial charge in [0.25, 0.3) is 0 Å². The fourth-order valence-corrected chi connectivity index (χ4v) is 3.66. The summed E-state index contributed by atoms with van der Waals surface area (Å²) in [5, 5.41) is 8.46. The van der Waals surface area contributed by atoms with Gasteiger partial charge in [-0.3, -0.25) is 14.4 Å². The van der Waals surface area contributed by atoms with Crippen molar-refractivity contribution in [1.82, 2.24) is 16.0 Å². The first-order chi connectivity index (χ1) is 14.6. The van der Waals surface area contributed by atoms with E-state index in [1.807, 2.05) is 37.3 Å². The van der Waals surface area contributed by atoms with Crippen molar-refractivity contribution in [1.29, 1.82) is 0 Å². The molecule has 0 spiro atoms. The summed E-state index contributed by atoms with van der Waals surface area (Å²) in [6.45, 7) is 3.33. The first kappa shape index (κ1) is 23.9. The molecule has 1 saturated carbocycles. The van der Waals surface area contributed by atoms with Gasteiger partial charge in [0, 0.05) is 6.54 Å². The van der Waals surface area contributed by atoms with E-state index in [0.29, 0.717) is 19.0 Å². The second kappa shape index (κ2) is 13.7. The van der Waals surface area contributed by atoms with E-state index < -0.39 is 12.0 Å². The Labute approximate surface area is 179 Å². The molecule has 7 nitrogen and oxygen atoms in total. The third-order valence-electron chi connectivity index (χ3n) is 5.38. The molecule has 0 heterocycles. The van der Waals surface area contributed by atoms with Crippen molar-refractivity contribution in [3.8, 4) is 0 Å². The van der Waals surface area contributed by atoms with Crippen molar-refractivity contribution in [2.75, 3.05) is 19.6 Å². The Kier molecular flexibility index (Phi) is 10.9. The molecule has 7 heteroatoms. The Morgan fingerprint density at radius 3 is 2.53 bits per heavy atom. The summed E-state index contributed by atoms with van der Waals surface area (Å²) in [4.78, 5) is 37.0. The smallest absolute Gasteiger partial charge is 0.308 e. The molecule has 166 valence electrons. The van der Waals surface area contributed by atoms with E-state index in [2.05, 4.69) is 16.0 Å². The molecule has 1 aliphatic carbocycles. The number of carbonyl (C=O) groups excluding carboxylic acids is 3. The van der Waals surface area contributed by atoms with E-state index in [1.165, 1.54) is 32.1 Å². The molecule has 1 aromatic rings. The van der Waals surface area contributed by atoms with Gasteiger partial charge in [0.05, 0.1) is 13.0 Å². The zero-order chi connectivity index (χ0) is 21.6. The minimum atomic E-state index is -0.939. The Balaban J connectivity index is 1.83. The molecule has 2 amide bonds. The van der Waals surface area contributed by atoms with E-state index in [1.54, 1.807) is 0 Å². The molecule has 0 saturated heterocycles. The molecule has 1 aliphatic rings. The Bertz CT molecular complexity index is 660. The molecule has 0 aromatic heterocycles. The summed E-state index contributed by atoms with van der Waals surface area (Å²) in [5.41, 5.74) is 0.871. The molecule has 1 fully saturated rings. The summed E-state index contributed by atoms with van der Waals surface area (Å²) in [6.07, 6.45) is 6.98. The van der Waals surface area contributed by atoms with Gasteiger partial charge in [-0.05, 0) is 24.4 Å². The summed E-state index contributed by atoms with van der Waals surface area (Å²) in [6, 6.07) is 8.41. The highest BCUT2D eigenvalue weighted by Gasteiger charge is 2.25. The van der Waals surface area contributed by atoms with Gasteiger partial charge in [0.2, 0.25) is 11.8 Å². The largest absolute Gasteiger partial charge is 0.461 e. The Morgan fingerprint density at radius 1 is 1.10 bits per heavy atom. The molecule has 1 aromatic carbocycles. The maximum Gasteiger partial charge on any atom is 0.308 e. The van der Waals surface area contributed by atoms with Crippen LogP contribution < -0.4 is 16.0 Å². The number of hydrogen-bond donors (Lipinski definition) is 3. The number of likely N-dealkylation sites (N-methyl/N-ethyl adjacent to an activating group) is 1. The van der Waals surface area contributed by atoms with Crippen LogP contribution in [0, 0.1) is 5.92 Å². The van der Waals surface area contributed by atoms with Gasteiger partial charge in [-0.15, -0.1) is 0 Å². The fourth-order valence-electron chi connectivity index (χ4n) is 3.66. The monoisotopic (exact) mass is 417 g/mol. The predicted octanol–water partition coefficient (Wildman–Crippen LogP) is 2.30. The zero-order valence-electron chi connectivity index (χ0n) is 18.0. The van der Waals surface area contributed by atoms with E-state index in [-0.39, 0.29) is 31.4 Å². The highest BCUT2D eigenvalue weighted by molar-refractivity contribution is 5.91. The third kappa shape index (κ3) is 9.39. The zero-order valence-corrected chi connectivity index (χ0v) is 18.0. The maximum atomic E-state index is 12.6. The number of esters is 1. The lowest BCUT2D eigenvalue weighted by atomic mass is 9.87. The van der Waals surface area contributed by atoms with Crippen molar-refractivity contribution in [2.45, 2.75) is 64.5 Å². The lowest BCUT2D eigenvalue weighted by molar-refractivity contribution is -0.147. The first-order valence-electron chi connectivity index (χ1n) is 11.1. The molecule has 0 unspecified atom stereocenters. The first-order valence-corrected chi connectivity index (χ1v) is 11.1. The molecule has 3 N–H and O–H groups in total. The van der Waals surface area contributed by atoms with Crippen molar-refractivity contribution in [3.05, 3.63) is 35.9 Å². The quantitative estimate of drug-likeness (QED) is 0.454. The van der Waals surface area contributed by atoms with Crippen molar-refractivity contribution < 1.29 is 19.1 Å². The SMILES string of the molecule is CCNCC(=O)N[C@@H](CC(=O)OCc1ccccc1)C(=O)NCCC1CCCCC1. The van der Waals surface area contributed by atoms with E-state index >= 15 is 0 Å². The van der Waals surface area contributed by atoms with Crippen LogP contribution in [-0.4, -0.2) is 43.5 Å². The molecule has 0 bridgehead atoms.